The molecule has 1 saturated heterocycles. The lowest BCUT2D eigenvalue weighted by Crippen LogP contribution is -2.54. The molecule has 0 aromatic heterocycles. The average Bonchev–Trinajstić information content (AvgIpc) is 3.05. The second-order valence-corrected chi connectivity index (χ2v) is 8.48. The number of likely N-dealkylation sites (tertiary alicyclic amines) is 1. The Morgan fingerprint density at radius 1 is 1.41 bits per heavy atom. The number of carbonyl (C=O) groups is 1. The topological polar surface area (TPSA) is 82.2 Å². The molecule has 1 aliphatic carbocycles. The quantitative estimate of drug-likeness (QED) is 0.809. The molecule has 2 atom stereocenters. The van der Waals surface area contributed by atoms with Crippen molar-refractivity contribution in [2.45, 2.75) is 70.0 Å². The van der Waals surface area contributed by atoms with Crippen LogP contribution in [0.4, 0.5) is 0 Å². The molecule has 1 amide bonds. The third kappa shape index (κ3) is 5.31. The van der Waals surface area contributed by atoms with Gasteiger partial charge in [0.2, 0.25) is 5.91 Å². The molecule has 0 spiro atoms. The molecule has 0 radical (unpaired) electrons. The van der Waals surface area contributed by atoms with E-state index < -0.39 is 11.6 Å². The summed E-state index contributed by atoms with van der Waals surface area (Å²) in [6.45, 7) is 4.25. The summed E-state index contributed by atoms with van der Waals surface area (Å²) in [4.78, 5) is 14.9. The van der Waals surface area contributed by atoms with Crippen molar-refractivity contribution in [1.82, 2.24) is 10.2 Å². The number of rotatable bonds is 6. The predicted octanol–water partition coefficient (Wildman–Crippen LogP) is 2.88. The number of nitrogens with one attached hydrogen (secondary N) is 1. The molecule has 0 bridgehead atoms. The second kappa shape index (κ2) is 8.86. The number of nitrogens with two attached hydrogens (primary N) is 1. The summed E-state index contributed by atoms with van der Waals surface area (Å²) in [5.41, 5.74) is 7.84. The van der Waals surface area contributed by atoms with E-state index in [4.69, 9.17) is 5.73 Å². The van der Waals surface area contributed by atoms with E-state index in [-0.39, 0.29) is 5.91 Å². The minimum atomic E-state index is -0.814. The highest BCUT2D eigenvalue weighted by Crippen LogP contribution is 2.28. The van der Waals surface area contributed by atoms with Gasteiger partial charge in [0.1, 0.15) is 5.54 Å². The number of nitriles is 1. The van der Waals surface area contributed by atoms with Crippen LogP contribution >= 0.6 is 0 Å². The zero-order valence-corrected chi connectivity index (χ0v) is 16.4. The first-order chi connectivity index (χ1) is 13.0. The Hall–Kier alpha value is -1.90. The summed E-state index contributed by atoms with van der Waals surface area (Å²) >= 11 is 0. The minimum absolute atomic E-state index is 0.167. The number of carbonyl (C=O) groups excluding carboxylic acids is 1. The molecule has 5 heteroatoms. The Bertz CT molecular complexity index is 692. The van der Waals surface area contributed by atoms with E-state index in [1.54, 1.807) is 0 Å². The van der Waals surface area contributed by atoms with Gasteiger partial charge in [0.25, 0.3) is 0 Å². The predicted molar refractivity (Wildman–Crippen MR) is 107 cm³/mol. The van der Waals surface area contributed by atoms with Crippen LogP contribution in [-0.4, -0.2) is 35.5 Å². The number of nitrogens with zero attached hydrogens (tertiary/aromatic N) is 2. The second-order valence-electron chi connectivity index (χ2n) is 8.48. The van der Waals surface area contributed by atoms with E-state index >= 15 is 0 Å². The average molecular weight is 369 g/mol. The molecule has 2 unspecified atom stereocenters. The first-order valence-corrected chi connectivity index (χ1v) is 10.3. The van der Waals surface area contributed by atoms with Crippen LogP contribution in [0.25, 0.3) is 0 Å². The Kier molecular flexibility index (Phi) is 6.51. The van der Waals surface area contributed by atoms with Crippen molar-refractivity contribution in [1.29, 1.82) is 5.26 Å². The van der Waals surface area contributed by atoms with Gasteiger partial charge in [-0.3, -0.25) is 9.69 Å². The standard InChI is InChI=1S/C22H32N4O/c1-17-6-5-9-19(12-17)14-26-11-10-22(15-23,16-26)25-21(27)20(24)13-18-7-3-2-4-8-18/h5-6,9,12,18,20H,2-4,7-8,10-11,13-14,16,24H2,1H3,(H,25,27). The molecule has 1 aromatic rings. The fourth-order valence-corrected chi connectivity index (χ4v) is 4.53. The fraction of sp³-hybridized carbons (Fsp3) is 0.636. The van der Waals surface area contributed by atoms with Gasteiger partial charge < -0.3 is 11.1 Å². The van der Waals surface area contributed by atoms with Gasteiger partial charge in [-0.25, -0.2) is 0 Å². The summed E-state index contributed by atoms with van der Waals surface area (Å²) in [7, 11) is 0. The van der Waals surface area contributed by atoms with Crippen molar-refractivity contribution in [3.63, 3.8) is 0 Å². The molecule has 1 aromatic carbocycles. The molecule has 2 aliphatic rings. The van der Waals surface area contributed by atoms with Gasteiger partial charge in [0.15, 0.2) is 0 Å². The summed E-state index contributed by atoms with van der Waals surface area (Å²) in [5, 5.41) is 12.8. The third-order valence-corrected chi connectivity index (χ3v) is 6.06. The van der Waals surface area contributed by atoms with Gasteiger partial charge in [-0.05, 0) is 31.2 Å². The molecule has 2 fully saturated rings. The smallest absolute Gasteiger partial charge is 0.238 e. The van der Waals surface area contributed by atoms with E-state index in [0.29, 0.717) is 18.9 Å². The summed E-state index contributed by atoms with van der Waals surface area (Å²) in [6, 6.07) is 10.3. The number of aryl methyl sites for hydroxylation is 1. The maximum absolute atomic E-state index is 12.6. The van der Waals surface area contributed by atoms with Gasteiger partial charge in [-0.1, -0.05) is 61.9 Å². The Morgan fingerprint density at radius 2 is 2.19 bits per heavy atom. The van der Waals surface area contributed by atoms with Crippen LogP contribution in [0.3, 0.4) is 0 Å². The molecule has 3 N–H and O–H groups in total. The Balaban J connectivity index is 1.54. The molecule has 1 aliphatic heterocycles. The molecular formula is C22H32N4O. The summed E-state index contributed by atoms with van der Waals surface area (Å²) < 4.78 is 0. The highest BCUT2D eigenvalue weighted by atomic mass is 16.2. The first kappa shape index (κ1) is 19.9. The normalized spacial score (nSPS) is 25.1. The lowest BCUT2D eigenvalue weighted by molar-refractivity contribution is -0.124. The Labute approximate surface area is 162 Å². The molecule has 3 rings (SSSR count). The van der Waals surface area contributed by atoms with Crippen molar-refractivity contribution in [2.75, 3.05) is 13.1 Å². The van der Waals surface area contributed by atoms with Gasteiger partial charge in [0.05, 0.1) is 12.1 Å². The van der Waals surface area contributed by atoms with E-state index in [0.717, 1.165) is 19.5 Å². The van der Waals surface area contributed by atoms with Gasteiger partial charge in [0, 0.05) is 19.6 Å². The van der Waals surface area contributed by atoms with Crippen LogP contribution in [0.1, 0.15) is 56.1 Å². The summed E-state index contributed by atoms with van der Waals surface area (Å²) in [6.07, 6.45) is 7.53. The van der Waals surface area contributed by atoms with Crippen molar-refractivity contribution in [3.05, 3.63) is 35.4 Å². The van der Waals surface area contributed by atoms with Gasteiger partial charge >= 0.3 is 0 Å². The van der Waals surface area contributed by atoms with Crippen molar-refractivity contribution in [3.8, 4) is 6.07 Å². The zero-order chi connectivity index (χ0) is 19.3. The lowest BCUT2D eigenvalue weighted by Gasteiger charge is -2.28. The number of hydrogen-bond acceptors (Lipinski definition) is 4. The maximum Gasteiger partial charge on any atom is 0.238 e. The van der Waals surface area contributed by atoms with Crippen molar-refractivity contribution >= 4 is 5.91 Å². The van der Waals surface area contributed by atoms with Crippen LogP contribution in [0.15, 0.2) is 24.3 Å². The zero-order valence-electron chi connectivity index (χ0n) is 16.4. The van der Waals surface area contributed by atoms with Crippen LogP contribution in [-0.2, 0) is 11.3 Å². The molecule has 5 nitrogen and oxygen atoms in total. The minimum Gasteiger partial charge on any atom is -0.335 e. The van der Waals surface area contributed by atoms with Crippen LogP contribution < -0.4 is 11.1 Å². The summed E-state index contributed by atoms with van der Waals surface area (Å²) in [5.74, 6) is 0.387. The van der Waals surface area contributed by atoms with E-state index in [1.807, 2.05) is 0 Å². The van der Waals surface area contributed by atoms with Gasteiger partial charge in [-0.15, -0.1) is 0 Å². The highest BCUT2D eigenvalue weighted by Gasteiger charge is 2.40. The molecule has 1 heterocycles. The first-order valence-electron chi connectivity index (χ1n) is 10.3. The van der Waals surface area contributed by atoms with E-state index in [1.165, 1.54) is 43.2 Å². The molecule has 146 valence electrons. The third-order valence-electron chi connectivity index (χ3n) is 6.06. The number of amides is 1. The fourth-order valence-electron chi connectivity index (χ4n) is 4.53. The van der Waals surface area contributed by atoms with Crippen LogP contribution in [0.2, 0.25) is 0 Å². The molecule has 1 saturated carbocycles. The SMILES string of the molecule is Cc1cccc(CN2CCC(C#N)(NC(=O)C(N)CC3CCCCC3)C2)c1. The van der Waals surface area contributed by atoms with E-state index in [2.05, 4.69) is 47.5 Å². The highest BCUT2D eigenvalue weighted by molar-refractivity contribution is 5.82. The largest absolute Gasteiger partial charge is 0.335 e. The molecule has 27 heavy (non-hydrogen) atoms. The Morgan fingerprint density at radius 3 is 2.89 bits per heavy atom. The number of benzene rings is 1. The monoisotopic (exact) mass is 368 g/mol. The van der Waals surface area contributed by atoms with Crippen LogP contribution in [0, 0.1) is 24.2 Å². The molecular weight excluding hydrogens is 336 g/mol. The van der Waals surface area contributed by atoms with Gasteiger partial charge in [-0.2, -0.15) is 5.26 Å². The van der Waals surface area contributed by atoms with Crippen LogP contribution in [0.5, 0.6) is 0 Å². The van der Waals surface area contributed by atoms with Crippen molar-refractivity contribution < 1.29 is 4.79 Å². The number of hydrogen-bond donors (Lipinski definition) is 2. The maximum atomic E-state index is 12.6. The van der Waals surface area contributed by atoms with Crippen molar-refractivity contribution in [2.24, 2.45) is 11.7 Å². The lowest BCUT2D eigenvalue weighted by atomic mass is 9.84. The van der Waals surface area contributed by atoms with E-state index in [9.17, 15) is 10.1 Å².